The molecule has 0 bridgehead atoms. The molecule has 0 unspecified atom stereocenters. The number of rotatable bonds is 3. The molecule has 184 valence electrons. The number of aliphatic hydroxyl groups excluding tert-OH is 3. The molecule has 3 fully saturated rings. The maximum atomic E-state index is 17.2. The first-order chi connectivity index (χ1) is 15.2. The highest BCUT2D eigenvalue weighted by Crippen LogP contribution is 2.71. The maximum Gasteiger partial charge on any atom is 0.303 e. The molecule has 3 saturated carbocycles. The van der Waals surface area contributed by atoms with Gasteiger partial charge in [-0.15, -0.1) is 0 Å². The molecule has 0 spiro atoms. The van der Waals surface area contributed by atoms with Crippen LogP contribution < -0.4 is 0 Å². The Hall–Kier alpha value is -1.68. The molecule has 4 aliphatic carbocycles. The van der Waals surface area contributed by atoms with Crippen molar-refractivity contribution in [1.29, 1.82) is 0 Å². The lowest BCUT2D eigenvalue weighted by Gasteiger charge is -2.65. The van der Waals surface area contributed by atoms with E-state index in [1.807, 2.05) is 0 Å². The summed E-state index contributed by atoms with van der Waals surface area (Å²) in [7, 11) is 0. The number of halogens is 1. The topological polar surface area (TPSA) is 141 Å². The Morgan fingerprint density at radius 1 is 1.24 bits per heavy atom. The van der Waals surface area contributed by atoms with Gasteiger partial charge in [-0.05, 0) is 42.7 Å². The minimum Gasteiger partial charge on any atom is -0.458 e. The maximum absolute atomic E-state index is 17.2. The van der Waals surface area contributed by atoms with E-state index in [1.54, 1.807) is 20.8 Å². The zero-order valence-corrected chi connectivity index (χ0v) is 19.4. The molecule has 0 radical (unpaired) electrons. The molecule has 0 aromatic heterocycles. The van der Waals surface area contributed by atoms with E-state index in [0.717, 1.165) is 6.92 Å². The predicted octanol–water partition coefficient (Wildman–Crippen LogP) is 0.632. The Morgan fingerprint density at radius 3 is 2.48 bits per heavy atom. The van der Waals surface area contributed by atoms with Crippen LogP contribution in [0.25, 0.3) is 0 Å². The molecule has 4 aliphatic rings. The number of esters is 1. The van der Waals surface area contributed by atoms with Crippen molar-refractivity contribution in [3.8, 4) is 0 Å². The molecule has 0 aromatic rings. The molecular formula is C24H33FO8. The van der Waals surface area contributed by atoms with Gasteiger partial charge in [0.1, 0.15) is 11.7 Å². The fourth-order valence-corrected chi connectivity index (χ4v) is 7.79. The van der Waals surface area contributed by atoms with Gasteiger partial charge in [0.25, 0.3) is 0 Å². The number of fused-ring (bicyclic) bond motifs is 5. The van der Waals surface area contributed by atoms with Crippen molar-refractivity contribution in [2.75, 3.05) is 6.61 Å². The first-order valence-electron chi connectivity index (χ1n) is 11.5. The zero-order valence-electron chi connectivity index (χ0n) is 19.4. The molecule has 8 nitrogen and oxygen atoms in total. The average Bonchev–Trinajstić information content (AvgIpc) is 2.93. The van der Waals surface area contributed by atoms with E-state index < -0.39 is 76.5 Å². The van der Waals surface area contributed by atoms with Gasteiger partial charge in [-0.3, -0.25) is 14.4 Å². The molecule has 4 N–H and O–H groups in total. The molecule has 0 aliphatic heterocycles. The third-order valence-corrected chi connectivity index (χ3v) is 9.54. The fraction of sp³-hybridized carbons (Fsp3) is 0.792. The summed E-state index contributed by atoms with van der Waals surface area (Å²) in [5.41, 5.74) is -7.06. The molecule has 33 heavy (non-hydrogen) atoms. The highest BCUT2D eigenvalue weighted by Gasteiger charge is 2.78. The number of Topliss-reactive ketones (excluding diaryl/α,β-unsaturated/α-hetero) is 1. The van der Waals surface area contributed by atoms with Crippen molar-refractivity contribution in [2.45, 2.75) is 83.0 Å². The third-order valence-electron chi connectivity index (χ3n) is 9.54. The minimum absolute atomic E-state index is 0.0526. The summed E-state index contributed by atoms with van der Waals surface area (Å²) in [4.78, 5) is 36.4. The van der Waals surface area contributed by atoms with Crippen LogP contribution in [0.15, 0.2) is 11.6 Å². The second kappa shape index (κ2) is 7.41. The summed E-state index contributed by atoms with van der Waals surface area (Å²) < 4.78 is 22.0. The molecule has 10 atom stereocenters. The minimum atomic E-state index is -2.38. The monoisotopic (exact) mass is 468 g/mol. The quantitative estimate of drug-likeness (QED) is 0.442. The van der Waals surface area contributed by atoms with E-state index in [-0.39, 0.29) is 37.0 Å². The second-order valence-corrected chi connectivity index (χ2v) is 11.0. The normalized spacial score (nSPS) is 51.2. The SMILES string of the molecule is CC(=O)OCC(=O)[C@@]1(O)[C@@H](C)C[C@H]2[C@@H]3[C@@H](O)[C@@H](O)C4=CC(=O)CC[C@]4(C)[C@@]3(F)[C@@H](O)C[C@@]21C. The van der Waals surface area contributed by atoms with Crippen molar-refractivity contribution in [3.63, 3.8) is 0 Å². The molecule has 4 rings (SSSR count). The molecule has 0 heterocycles. The van der Waals surface area contributed by atoms with Gasteiger partial charge < -0.3 is 25.2 Å². The van der Waals surface area contributed by atoms with Crippen LogP contribution in [0.2, 0.25) is 0 Å². The Morgan fingerprint density at radius 2 is 1.88 bits per heavy atom. The first-order valence-corrected chi connectivity index (χ1v) is 11.5. The van der Waals surface area contributed by atoms with Crippen molar-refractivity contribution in [1.82, 2.24) is 0 Å². The van der Waals surface area contributed by atoms with Gasteiger partial charge in [0.15, 0.2) is 18.1 Å². The van der Waals surface area contributed by atoms with Crippen LogP contribution >= 0.6 is 0 Å². The molecule has 0 saturated heterocycles. The van der Waals surface area contributed by atoms with E-state index in [2.05, 4.69) is 0 Å². The van der Waals surface area contributed by atoms with Crippen LogP contribution in [0.3, 0.4) is 0 Å². The van der Waals surface area contributed by atoms with Gasteiger partial charge in [0.05, 0.1) is 12.2 Å². The van der Waals surface area contributed by atoms with Gasteiger partial charge in [-0.1, -0.05) is 20.8 Å². The highest BCUT2D eigenvalue weighted by atomic mass is 19.1. The summed E-state index contributed by atoms with van der Waals surface area (Å²) in [5.74, 6) is -4.41. The average molecular weight is 469 g/mol. The zero-order chi connectivity index (χ0) is 24.7. The van der Waals surface area contributed by atoms with Crippen molar-refractivity contribution in [2.24, 2.45) is 28.6 Å². The van der Waals surface area contributed by atoms with Crippen molar-refractivity contribution in [3.05, 3.63) is 11.6 Å². The van der Waals surface area contributed by atoms with E-state index in [0.29, 0.717) is 0 Å². The summed E-state index contributed by atoms with van der Waals surface area (Å²) in [6, 6.07) is 0. The Kier molecular flexibility index (Phi) is 5.49. The van der Waals surface area contributed by atoms with Crippen LogP contribution in [0.5, 0.6) is 0 Å². The Labute approximate surface area is 191 Å². The molecule has 0 amide bonds. The number of aliphatic hydroxyl groups is 4. The number of carbonyl (C=O) groups excluding carboxylic acids is 3. The molecular weight excluding hydrogens is 435 g/mol. The van der Waals surface area contributed by atoms with Gasteiger partial charge in [0.2, 0.25) is 5.78 Å². The summed E-state index contributed by atoms with van der Waals surface area (Å²) >= 11 is 0. The van der Waals surface area contributed by atoms with Crippen molar-refractivity contribution < 1.29 is 43.9 Å². The lowest BCUT2D eigenvalue weighted by atomic mass is 9.42. The van der Waals surface area contributed by atoms with Crippen LogP contribution in [0.1, 0.15) is 53.4 Å². The highest BCUT2D eigenvalue weighted by molar-refractivity contribution is 5.92. The summed E-state index contributed by atoms with van der Waals surface area (Å²) in [5, 5.41) is 45.1. The van der Waals surface area contributed by atoms with Crippen LogP contribution in [-0.4, -0.2) is 74.2 Å². The van der Waals surface area contributed by atoms with Gasteiger partial charge in [-0.2, -0.15) is 0 Å². The predicted molar refractivity (Wildman–Crippen MR) is 112 cm³/mol. The lowest BCUT2D eigenvalue weighted by molar-refractivity contribution is -0.262. The van der Waals surface area contributed by atoms with Gasteiger partial charge in [-0.25, -0.2) is 4.39 Å². The summed E-state index contributed by atoms with van der Waals surface area (Å²) in [6.45, 7) is 5.28. The van der Waals surface area contributed by atoms with Gasteiger partial charge >= 0.3 is 5.97 Å². The first kappa shape index (κ1) is 24.4. The van der Waals surface area contributed by atoms with E-state index in [9.17, 15) is 34.8 Å². The molecule has 0 aromatic carbocycles. The number of carbonyl (C=O) groups is 3. The number of ketones is 2. The van der Waals surface area contributed by atoms with E-state index in [4.69, 9.17) is 4.74 Å². The fourth-order valence-electron chi connectivity index (χ4n) is 7.79. The standard InChI is InChI=1S/C24H33FO8/c1-11-7-14-18-20(31)19(30)15-8-13(27)5-6-21(15,3)23(18,25)16(28)9-22(14,4)24(11,32)17(29)10-33-12(2)26/h8,11,14,16,18-20,28,30-32H,5-7,9-10H2,1-4H3/t11-,14-,16-,18+,19-,20+,21-,22-,23+,24-/m0/s1. The summed E-state index contributed by atoms with van der Waals surface area (Å²) in [6.07, 6.45) is -3.62. The number of hydrogen-bond acceptors (Lipinski definition) is 8. The van der Waals surface area contributed by atoms with Gasteiger partial charge in [0, 0.05) is 30.1 Å². The smallest absolute Gasteiger partial charge is 0.303 e. The van der Waals surface area contributed by atoms with Crippen LogP contribution in [0.4, 0.5) is 4.39 Å². The largest absolute Gasteiger partial charge is 0.458 e. The van der Waals surface area contributed by atoms with Crippen molar-refractivity contribution >= 4 is 17.5 Å². The van der Waals surface area contributed by atoms with Crippen LogP contribution in [-0.2, 0) is 19.1 Å². The lowest BCUT2D eigenvalue weighted by Crippen LogP contribution is -2.74. The van der Waals surface area contributed by atoms with Crippen LogP contribution in [0, 0.1) is 28.6 Å². The number of ether oxygens (including phenoxy) is 1. The van der Waals surface area contributed by atoms with E-state index in [1.165, 1.54) is 6.08 Å². The van der Waals surface area contributed by atoms with E-state index >= 15 is 4.39 Å². The Balaban J connectivity index is 1.83. The number of alkyl halides is 1. The Bertz CT molecular complexity index is 933. The second-order valence-electron chi connectivity index (χ2n) is 11.0. The third kappa shape index (κ3) is 2.85. The number of hydrogen-bond donors (Lipinski definition) is 4. The molecule has 9 heteroatoms.